The summed E-state index contributed by atoms with van der Waals surface area (Å²) in [6, 6.07) is 4.24. The highest BCUT2D eigenvalue weighted by molar-refractivity contribution is 5.61. The Kier molecular flexibility index (Phi) is 4.39. The fraction of sp³-hybridized carbons (Fsp3) is 0.273. The van der Waals surface area contributed by atoms with Gasteiger partial charge in [0, 0.05) is 6.54 Å². The number of alkyl halides is 3. The molecule has 3 nitrogen and oxygen atoms in total. The number of benzene rings is 1. The van der Waals surface area contributed by atoms with E-state index in [0.717, 1.165) is 0 Å². The van der Waals surface area contributed by atoms with E-state index in [2.05, 4.69) is 10.1 Å². The molecule has 1 rings (SSSR count). The van der Waals surface area contributed by atoms with Gasteiger partial charge in [-0.3, -0.25) is 0 Å². The number of hydrogen-bond donors (Lipinski definition) is 2. The Labute approximate surface area is 97.1 Å². The second-order valence-electron chi connectivity index (χ2n) is 3.31. The quantitative estimate of drug-likeness (QED) is 0.802. The average Bonchev–Trinajstić information content (AvgIpc) is 2.21. The van der Waals surface area contributed by atoms with Gasteiger partial charge in [-0.25, -0.2) is 0 Å². The zero-order valence-electron chi connectivity index (χ0n) is 9.21. The Morgan fingerprint density at radius 1 is 1.41 bits per heavy atom. The van der Waals surface area contributed by atoms with E-state index in [4.69, 9.17) is 5.73 Å². The molecule has 94 valence electrons. The normalized spacial score (nSPS) is 12.0. The van der Waals surface area contributed by atoms with E-state index in [-0.39, 0.29) is 11.4 Å². The van der Waals surface area contributed by atoms with Crippen molar-refractivity contribution in [2.45, 2.75) is 6.36 Å². The molecule has 0 heterocycles. The monoisotopic (exact) mass is 246 g/mol. The van der Waals surface area contributed by atoms with Gasteiger partial charge in [-0.05, 0) is 24.7 Å². The summed E-state index contributed by atoms with van der Waals surface area (Å²) in [5, 5.41) is 2.88. The molecule has 6 heteroatoms. The molecule has 0 unspecified atom stereocenters. The SMILES string of the molecule is CNCC=Cc1ccc(N)c(OC(F)(F)F)c1. The van der Waals surface area contributed by atoms with Gasteiger partial charge in [0.25, 0.3) is 0 Å². The molecule has 1 aromatic rings. The number of likely N-dealkylation sites (N-methyl/N-ethyl adjacent to an activating group) is 1. The van der Waals surface area contributed by atoms with E-state index in [9.17, 15) is 13.2 Å². The summed E-state index contributed by atoms with van der Waals surface area (Å²) < 4.78 is 40.0. The molecule has 0 bridgehead atoms. The molecule has 0 saturated heterocycles. The molecule has 0 radical (unpaired) electrons. The van der Waals surface area contributed by atoms with Crippen molar-refractivity contribution in [3.05, 3.63) is 29.8 Å². The maximum Gasteiger partial charge on any atom is 0.573 e. The summed E-state index contributed by atoms with van der Waals surface area (Å²) >= 11 is 0. The molecule has 0 fully saturated rings. The van der Waals surface area contributed by atoms with Crippen LogP contribution in [0.2, 0.25) is 0 Å². The van der Waals surface area contributed by atoms with E-state index in [1.807, 2.05) is 0 Å². The van der Waals surface area contributed by atoms with Crippen LogP contribution in [0.5, 0.6) is 5.75 Å². The van der Waals surface area contributed by atoms with Crippen molar-refractivity contribution in [1.29, 1.82) is 0 Å². The number of nitrogens with two attached hydrogens (primary N) is 1. The minimum Gasteiger partial charge on any atom is -0.404 e. The number of halogens is 3. The van der Waals surface area contributed by atoms with Crippen molar-refractivity contribution in [1.82, 2.24) is 5.32 Å². The van der Waals surface area contributed by atoms with Gasteiger partial charge >= 0.3 is 6.36 Å². The lowest BCUT2D eigenvalue weighted by Gasteiger charge is -2.11. The van der Waals surface area contributed by atoms with Gasteiger partial charge in [-0.1, -0.05) is 18.2 Å². The standard InChI is InChI=1S/C11H13F3N2O/c1-16-6-2-3-8-4-5-9(15)10(7-8)17-11(12,13)14/h2-5,7,16H,6,15H2,1H3. The number of ether oxygens (including phenoxy) is 1. The summed E-state index contributed by atoms with van der Waals surface area (Å²) in [5.41, 5.74) is 5.93. The van der Waals surface area contributed by atoms with Crippen LogP contribution in [0.3, 0.4) is 0 Å². The second kappa shape index (κ2) is 5.58. The molecule has 3 N–H and O–H groups in total. The van der Waals surface area contributed by atoms with Gasteiger partial charge < -0.3 is 15.8 Å². The summed E-state index contributed by atoms with van der Waals surface area (Å²) in [6.45, 7) is 0.625. The third-order valence-corrected chi connectivity index (χ3v) is 1.90. The zero-order chi connectivity index (χ0) is 12.9. The van der Waals surface area contributed by atoms with Gasteiger partial charge in [0.15, 0.2) is 5.75 Å². The number of anilines is 1. The van der Waals surface area contributed by atoms with Crippen LogP contribution < -0.4 is 15.8 Å². The first-order valence-corrected chi connectivity index (χ1v) is 4.89. The highest BCUT2D eigenvalue weighted by atomic mass is 19.4. The van der Waals surface area contributed by atoms with Gasteiger partial charge in [0.05, 0.1) is 5.69 Å². The summed E-state index contributed by atoms with van der Waals surface area (Å²) in [6.07, 6.45) is -1.27. The van der Waals surface area contributed by atoms with Crippen LogP contribution in [0.4, 0.5) is 18.9 Å². The lowest BCUT2D eigenvalue weighted by Crippen LogP contribution is -2.18. The van der Waals surface area contributed by atoms with Crippen LogP contribution in [0, 0.1) is 0 Å². The molecule has 17 heavy (non-hydrogen) atoms. The van der Waals surface area contributed by atoms with Crippen molar-refractivity contribution < 1.29 is 17.9 Å². The molecule has 0 saturated carbocycles. The molecule has 0 amide bonds. The topological polar surface area (TPSA) is 47.3 Å². The van der Waals surface area contributed by atoms with Crippen LogP contribution >= 0.6 is 0 Å². The van der Waals surface area contributed by atoms with Crippen LogP contribution in [0.15, 0.2) is 24.3 Å². The number of hydrogen-bond acceptors (Lipinski definition) is 3. The van der Waals surface area contributed by atoms with Gasteiger partial charge in [0.1, 0.15) is 0 Å². The Hall–Kier alpha value is -1.69. The molecule has 0 atom stereocenters. The number of nitrogens with one attached hydrogen (secondary N) is 1. The molecule has 0 aliphatic heterocycles. The Balaban J connectivity index is 2.87. The fourth-order valence-electron chi connectivity index (χ4n) is 1.18. The van der Waals surface area contributed by atoms with Crippen molar-refractivity contribution in [3.8, 4) is 5.75 Å². The molecular formula is C11H13F3N2O. The molecule has 0 aliphatic rings. The first-order valence-electron chi connectivity index (χ1n) is 4.89. The first kappa shape index (κ1) is 13.4. The summed E-state index contributed by atoms with van der Waals surface area (Å²) in [5.74, 6) is -0.385. The molecule has 0 spiro atoms. The lowest BCUT2D eigenvalue weighted by atomic mass is 10.2. The first-order chi connectivity index (χ1) is 7.92. The Morgan fingerprint density at radius 2 is 2.12 bits per heavy atom. The second-order valence-corrected chi connectivity index (χ2v) is 3.31. The van der Waals surface area contributed by atoms with Crippen molar-refractivity contribution in [2.75, 3.05) is 19.3 Å². The lowest BCUT2D eigenvalue weighted by molar-refractivity contribution is -0.274. The van der Waals surface area contributed by atoms with E-state index in [1.54, 1.807) is 25.3 Å². The molecule has 0 aliphatic carbocycles. The third-order valence-electron chi connectivity index (χ3n) is 1.90. The molecular weight excluding hydrogens is 233 g/mol. The van der Waals surface area contributed by atoms with Crippen LogP contribution in [-0.4, -0.2) is 20.0 Å². The summed E-state index contributed by atoms with van der Waals surface area (Å²) in [4.78, 5) is 0. The van der Waals surface area contributed by atoms with Crippen molar-refractivity contribution in [2.24, 2.45) is 0 Å². The number of nitrogen functional groups attached to an aromatic ring is 1. The van der Waals surface area contributed by atoms with Crippen molar-refractivity contribution in [3.63, 3.8) is 0 Å². The maximum atomic E-state index is 12.1. The fourth-order valence-corrected chi connectivity index (χ4v) is 1.18. The highest BCUT2D eigenvalue weighted by Gasteiger charge is 2.31. The maximum absolute atomic E-state index is 12.1. The zero-order valence-corrected chi connectivity index (χ0v) is 9.21. The van der Waals surface area contributed by atoms with Crippen LogP contribution in [0.25, 0.3) is 6.08 Å². The highest BCUT2D eigenvalue weighted by Crippen LogP contribution is 2.29. The smallest absolute Gasteiger partial charge is 0.404 e. The van der Waals surface area contributed by atoms with Crippen LogP contribution in [0.1, 0.15) is 5.56 Å². The number of rotatable bonds is 4. The Morgan fingerprint density at radius 3 is 2.71 bits per heavy atom. The Bertz CT molecular complexity index is 402. The van der Waals surface area contributed by atoms with Crippen molar-refractivity contribution >= 4 is 11.8 Å². The largest absolute Gasteiger partial charge is 0.573 e. The van der Waals surface area contributed by atoms with E-state index in [0.29, 0.717) is 12.1 Å². The van der Waals surface area contributed by atoms with Gasteiger partial charge in [-0.2, -0.15) is 0 Å². The average molecular weight is 246 g/mol. The molecule has 0 aromatic heterocycles. The minimum atomic E-state index is -4.73. The summed E-state index contributed by atoms with van der Waals surface area (Å²) in [7, 11) is 1.77. The predicted octanol–water partition coefficient (Wildman–Crippen LogP) is 2.40. The molecule has 1 aromatic carbocycles. The van der Waals surface area contributed by atoms with Gasteiger partial charge in [-0.15, -0.1) is 13.2 Å². The third kappa shape index (κ3) is 4.78. The van der Waals surface area contributed by atoms with E-state index >= 15 is 0 Å². The van der Waals surface area contributed by atoms with E-state index < -0.39 is 6.36 Å². The van der Waals surface area contributed by atoms with E-state index in [1.165, 1.54) is 12.1 Å². The predicted molar refractivity (Wildman–Crippen MR) is 60.5 cm³/mol. The van der Waals surface area contributed by atoms with Gasteiger partial charge in [0.2, 0.25) is 0 Å². The van der Waals surface area contributed by atoms with Crippen LogP contribution in [-0.2, 0) is 0 Å². The minimum absolute atomic E-state index is 0.0481.